The SMILES string of the molecule is Cc1ccccc1-n1c(C2=CCCC=C2)c(C(=O)N2CCNCC2)n(Cc2cccc(OCC(=O)N3CCCCC3)c2)c1=O. The first-order valence-corrected chi connectivity index (χ1v) is 15.8. The number of aromatic nitrogens is 2. The number of ether oxygens (including phenoxy) is 1. The molecule has 0 spiro atoms. The van der Waals surface area contributed by atoms with Crippen LogP contribution in [0.1, 0.15) is 59.4 Å². The van der Waals surface area contributed by atoms with Gasteiger partial charge in [-0.3, -0.25) is 18.7 Å². The molecule has 3 aromatic rings. The molecule has 1 aromatic heterocycles. The van der Waals surface area contributed by atoms with Gasteiger partial charge >= 0.3 is 5.69 Å². The lowest BCUT2D eigenvalue weighted by molar-refractivity contribution is -0.134. The Morgan fingerprint density at radius 2 is 1.70 bits per heavy atom. The summed E-state index contributed by atoms with van der Waals surface area (Å²) in [6, 6.07) is 15.3. The van der Waals surface area contributed by atoms with E-state index in [2.05, 4.69) is 17.5 Å². The zero-order valence-electron chi connectivity index (χ0n) is 25.5. The Bertz CT molecular complexity index is 1640. The molecule has 0 unspecified atom stereocenters. The molecule has 9 heteroatoms. The van der Waals surface area contributed by atoms with Crippen LogP contribution in [0, 0.1) is 6.92 Å². The molecule has 2 aromatic carbocycles. The molecular formula is C35H41N5O4. The van der Waals surface area contributed by atoms with Crippen LogP contribution in [-0.4, -0.2) is 76.6 Å². The zero-order chi connectivity index (χ0) is 30.5. The van der Waals surface area contributed by atoms with Crippen LogP contribution >= 0.6 is 0 Å². The molecule has 1 aliphatic carbocycles. The first-order chi connectivity index (χ1) is 21.5. The molecule has 3 aliphatic rings. The van der Waals surface area contributed by atoms with Gasteiger partial charge in [0.05, 0.1) is 17.9 Å². The fourth-order valence-corrected chi connectivity index (χ4v) is 6.32. The topological polar surface area (TPSA) is 88.8 Å². The quantitative estimate of drug-likeness (QED) is 0.423. The number of allylic oxidation sites excluding steroid dienone is 4. The number of benzene rings is 2. The summed E-state index contributed by atoms with van der Waals surface area (Å²) >= 11 is 0. The summed E-state index contributed by atoms with van der Waals surface area (Å²) < 4.78 is 9.26. The lowest BCUT2D eigenvalue weighted by atomic mass is 10.0. The van der Waals surface area contributed by atoms with Crippen LogP contribution < -0.4 is 15.7 Å². The second kappa shape index (κ2) is 13.5. The maximum atomic E-state index is 14.5. The van der Waals surface area contributed by atoms with E-state index in [1.807, 2.05) is 71.3 Å². The van der Waals surface area contributed by atoms with Crippen molar-refractivity contribution in [2.75, 3.05) is 45.9 Å². The normalized spacial score (nSPS) is 17.0. The van der Waals surface area contributed by atoms with Gasteiger partial charge in [0.2, 0.25) is 0 Å². The van der Waals surface area contributed by atoms with Crippen molar-refractivity contribution < 1.29 is 14.3 Å². The molecule has 0 saturated carbocycles. The molecule has 230 valence electrons. The number of nitrogens with one attached hydrogen (secondary N) is 1. The van der Waals surface area contributed by atoms with E-state index >= 15 is 0 Å². The summed E-state index contributed by atoms with van der Waals surface area (Å²) in [5.74, 6) is 0.404. The number of carbonyl (C=O) groups excluding carboxylic acids is 2. The summed E-state index contributed by atoms with van der Waals surface area (Å²) in [4.78, 5) is 45.3. The monoisotopic (exact) mass is 595 g/mol. The Morgan fingerprint density at radius 1 is 0.909 bits per heavy atom. The Labute approximate surface area is 258 Å². The van der Waals surface area contributed by atoms with E-state index in [0.29, 0.717) is 43.3 Å². The molecule has 0 bridgehead atoms. The summed E-state index contributed by atoms with van der Waals surface area (Å²) in [7, 11) is 0. The Balaban J connectivity index is 1.40. The summed E-state index contributed by atoms with van der Waals surface area (Å²) in [5.41, 5.74) is 4.15. The first kappa shape index (κ1) is 29.7. The smallest absolute Gasteiger partial charge is 0.334 e. The maximum absolute atomic E-state index is 14.5. The van der Waals surface area contributed by atoms with Crippen LogP contribution in [-0.2, 0) is 11.3 Å². The average Bonchev–Trinajstić information content (AvgIpc) is 3.35. The minimum absolute atomic E-state index is 0.0102. The van der Waals surface area contributed by atoms with Crippen LogP contribution in [0.25, 0.3) is 11.3 Å². The van der Waals surface area contributed by atoms with Gasteiger partial charge in [0.1, 0.15) is 11.4 Å². The number of piperazine rings is 1. The van der Waals surface area contributed by atoms with Crippen LogP contribution in [0.15, 0.2) is 71.6 Å². The van der Waals surface area contributed by atoms with Crippen LogP contribution in [0.4, 0.5) is 0 Å². The van der Waals surface area contributed by atoms with Crippen molar-refractivity contribution in [1.82, 2.24) is 24.3 Å². The molecule has 6 rings (SSSR count). The molecule has 2 saturated heterocycles. The molecule has 0 radical (unpaired) electrons. The fraction of sp³-hybridized carbons (Fsp3) is 0.400. The number of para-hydroxylation sites is 1. The minimum atomic E-state index is -0.265. The highest BCUT2D eigenvalue weighted by Gasteiger charge is 2.32. The van der Waals surface area contributed by atoms with Crippen molar-refractivity contribution >= 4 is 17.4 Å². The number of rotatable bonds is 8. The van der Waals surface area contributed by atoms with Gasteiger partial charge in [-0.15, -0.1) is 0 Å². The highest BCUT2D eigenvalue weighted by molar-refractivity contribution is 5.99. The summed E-state index contributed by atoms with van der Waals surface area (Å²) in [6.07, 6.45) is 11.2. The highest BCUT2D eigenvalue weighted by Crippen LogP contribution is 2.29. The van der Waals surface area contributed by atoms with Gasteiger partial charge in [-0.25, -0.2) is 4.79 Å². The molecular weight excluding hydrogens is 554 g/mol. The number of hydrogen-bond donors (Lipinski definition) is 1. The van der Waals surface area contributed by atoms with E-state index in [1.54, 1.807) is 9.13 Å². The van der Waals surface area contributed by atoms with E-state index in [1.165, 1.54) is 0 Å². The molecule has 9 nitrogen and oxygen atoms in total. The highest BCUT2D eigenvalue weighted by atomic mass is 16.5. The number of hydrogen-bond acceptors (Lipinski definition) is 5. The first-order valence-electron chi connectivity index (χ1n) is 15.8. The van der Waals surface area contributed by atoms with Gasteiger partial charge < -0.3 is 19.9 Å². The van der Waals surface area contributed by atoms with Gasteiger partial charge in [0.15, 0.2) is 6.61 Å². The second-order valence-electron chi connectivity index (χ2n) is 11.7. The Kier molecular flexibility index (Phi) is 9.12. The van der Waals surface area contributed by atoms with E-state index in [-0.39, 0.29) is 30.7 Å². The fourth-order valence-electron chi connectivity index (χ4n) is 6.32. The third kappa shape index (κ3) is 6.28. The van der Waals surface area contributed by atoms with Crippen molar-refractivity contribution in [2.45, 2.75) is 45.6 Å². The molecule has 3 heterocycles. The predicted octanol–water partition coefficient (Wildman–Crippen LogP) is 4.17. The number of nitrogens with zero attached hydrogens (tertiary/aromatic N) is 4. The number of piperidine rings is 1. The summed E-state index contributed by atoms with van der Waals surface area (Å²) in [6.45, 7) is 6.27. The van der Waals surface area contributed by atoms with Gasteiger partial charge in [-0.1, -0.05) is 48.6 Å². The van der Waals surface area contributed by atoms with Crippen LogP contribution in [0.2, 0.25) is 0 Å². The minimum Gasteiger partial charge on any atom is -0.484 e. The molecule has 0 atom stereocenters. The number of carbonyl (C=O) groups is 2. The van der Waals surface area contributed by atoms with Crippen molar-refractivity contribution in [3.8, 4) is 11.4 Å². The van der Waals surface area contributed by atoms with Crippen molar-refractivity contribution in [1.29, 1.82) is 0 Å². The van der Waals surface area contributed by atoms with E-state index in [4.69, 9.17) is 4.74 Å². The van der Waals surface area contributed by atoms with Crippen LogP contribution in [0.3, 0.4) is 0 Å². The maximum Gasteiger partial charge on any atom is 0.334 e. The number of likely N-dealkylation sites (tertiary alicyclic amines) is 1. The van der Waals surface area contributed by atoms with E-state index in [9.17, 15) is 14.4 Å². The third-order valence-corrected chi connectivity index (χ3v) is 8.68. The lowest BCUT2D eigenvalue weighted by Crippen LogP contribution is -2.47. The molecule has 44 heavy (non-hydrogen) atoms. The Morgan fingerprint density at radius 3 is 2.45 bits per heavy atom. The molecule has 1 N–H and O–H groups in total. The van der Waals surface area contributed by atoms with Crippen molar-refractivity contribution in [3.05, 3.63) is 99.8 Å². The number of aryl methyl sites for hydroxylation is 1. The van der Waals surface area contributed by atoms with Gasteiger partial charge in [-0.05, 0) is 73.9 Å². The van der Waals surface area contributed by atoms with E-state index in [0.717, 1.165) is 67.6 Å². The molecule has 2 fully saturated rings. The van der Waals surface area contributed by atoms with Crippen molar-refractivity contribution in [2.24, 2.45) is 0 Å². The second-order valence-corrected chi connectivity index (χ2v) is 11.7. The van der Waals surface area contributed by atoms with Crippen molar-refractivity contribution in [3.63, 3.8) is 0 Å². The number of imidazole rings is 1. The third-order valence-electron chi connectivity index (χ3n) is 8.68. The van der Waals surface area contributed by atoms with Gasteiger partial charge in [-0.2, -0.15) is 0 Å². The van der Waals surface area contributed by atoms with Gasteiger partial charge in [0, 0.05) is 39.3 Å². The molecule has 2 aliphatic heterocycles. The lowest BCUT2D eigenvalue weighted by Gasteiger charge is -2.28. The Hall–Kier alpha value is -4.37. The number of amides is 2. The summed E-state index contributed by atoms with van der Waals surface area (Å²) in [5, 5.41) is 3.32. The van der Waals surface area contributed by atoms with E-state index < -0.39 is 0 Å². The molecule has 2 amide bonds. The zero-order valence-corrected chi connectivity index (χ0v) is 25.5. The average molecular weight is 596 g/mol. The standard InChI is InChI=1S/C35H41N5O4/c1-26-11-6-7-16-30(26)40-32(28-13-4-2-5-14-28)33(34(42)38-21-17-36-18-22-38)39(35(40)43)24-27-12-10-15-29(23-27)44-25-31(41)37-19-8-3-9-20-37/h4,6-7,10-16,23,36H,2-3,5,8-9,17-22,24-25H2,1H3. The van der Waals surface area contributed by atoms with Gasteiger partial charge in [0.25, 0.3) is 11.8 Å². The van der Waals surface area contributed by atoms with Crippen LogP contribution in [0.5, 0.6) is 5.75 Å². The predicted molar refractivity (Wildman–Crippen MR) is 171 cm³/mol. The largest absolute Gasteiger partial charge is 0.484 e.